The summed E-state index contributed by atoms with van der Waals surface area (Å²) in [5.41, 5.74) is 6.63. The topological polar surface area (TPSA) is 102 Å². The number of amides is 1. The van der Waals surface area contributed by atoms with Crippen molar-refractivity contribution < 1.29 is 13.2 Å². The van der Waals surface area contributed by atoms with Crippen LogP contribution in [-0.4, -0.2) is 25.4 Å². The first-order valence-electron chi connectivity index (χ1n) is 7.53. The molecule has 7 heteroatoms. The average molecular weight is 333 g/mol. The highest BCUT2D eigenvalue weighted by Gasteiger charge is 2.35. The summed E-state index contributed by atoms with van der Waals surface area (Å²) in [4.78, 5) is 15.6. The molecular weight excluding hydrogens is 314 g/mol. The fourth-order valence-electron chi connectivity index (χ4n) is 2.74. The Morgan fingerprint density at radius 3 is 2.83 bits per heavy atom. The first kappa shape index (κ1) is 15.9. The van der Waals surface area contributed by atoms with E-state index in [1.807, 2.05) is 19.1 Å². The zero-order valence-corrected chi connectivity index (χ0v) is 13.6. The molecule has 3 N–H and O–H groups in total. The highest BCUT2D eigenvalue weighted by atomic mass is 32.2. The number of benzene rings is 1. The van der Waals surface area contributed by atoms with Crippen molar-refractivity contribution in [1.82, 2.24) is 9.71 Å². The van der Waals surface area contributed by atoms with Gasteiger partial charge < -0.3 is 5.73 Å². The number of primary amides is 1. The van der Waals surface area contributed by atoms with E-state index in [4.69, 9.17) is 5.73 Å². The van der Waals surface area contributed by atoms with Crippen molar-refractivity contribution in [3.05, 3.63) is 36.0 Å². The zero-order chi connectivity index (χ0) is 16.6. The van der Waals surface area contributed by atoms with Gasteiger partial charge in [-0.15, -0.1) is 0 Å². The molecule has 0 radical (unpaired) electrons. The van der Waals surface area contributed by atoms with Crippen LogP contribution in [0.3, 0.4) is 0 Å². The maximum atomic E-state index is 12.8. The highest BCUT2D eigenvalue weighted by Crippen LogP contribution is 2.35. The lowest BCUT2D eigenvalue weighted by molar-refractivity contribution is -0.118. The summed E-state index contributed by atoms with van der Waals surface area (Å²) in [7, 11) is -3.77. The molecule has 1 atom stereocenters. The van der Waals surface area contributed by atoms with Crippen molar-refractivity contribution in [2.24, 2.45) is 11.7 Å². The number of hydrogen-bond acceptors (Lipinski definition) is 4. The molecule has 2 aromatic rings. The number of nitrogens with zero attached hydrogens (tertiary/aromatic N) is 1. The molecule has 3 rings (SSSR count). The number of nitrogens with one attached hydrogen (secondary N) is 1. The summed E-state index contributed by atoms with van der Waals surface area (Å²) < 4.78 is 28.1. The van der Waals surface area contributed by atoms with E-state index in [1.54, 1.807) is 12.3 Å². The molecule has 0 aliphatic heterocycles. The second-order valence-corrected chi connectivity index (χ2v) is 7.76. The number of carbonyl (C=O) groups excluding carboxylic acids is 1. The van der Waals surface area contributed by atoms with Crippen LogP contribution in [0.5, 0.6) is 0 Å². The van der Waals surface area contributed by atoms with Gasteiger partial charge in [0.1, 0.15) is 4.90 Å². The van der Waals surface area contributed by atoms with Gasteiger partial charge in [0.05, 0.1) is 5.52 Å². The molecule has 1 heterocycles. The van der Waals surface area contributed by atoms with Gasteiger partial charge in [-0.3, -0.25) is 9.78 Å². The van der Waals surface area contributed by atoms with Gasteiger partial charge in [0.15, 0.2) is 0 Å². The van der Waals surface area contributed by atoms with Crippen LogP contribution in [0.25, 0.3) is 10.9 Å². The number of para-hydroxylation sites is 1. The van der Waals surface area contributed by atoms with Gasteiger partial charge in [-0.2, -0.15) is 0 Å². The second-order valence-electron chi connectivity index (χ2n) is 6.08. The third kappa shape index (κ3) is 3.51. The summed E-state index contributed by atoms with van der Waals surface area (Å²) in [6, 6.07) is 6.50. The Kier molecular flexibility index (Phi) is 4.08. The lowest BCUT2D eigenvalue weighted by Gasteiger charge is -2.17. The van der Waals surface area contributed by atoms with Crippen molar-refractivity contribution >= 4 is 26.8 Å². The minimum atomic E-state index is -3.77. The molecule has 0 saturated heterocycles. The predicted molar refractivity (Wildman–Crippen MR) is 87.1 cm³/mol. The van der Waals surface area contributed by atoms with Crippen LogP contribution in [0.4, 0.5) is 0 Å². The maximum Gasteiger partial charge on any atom is 0.243 e. The number of aryl methyl sites for hydroxylation is 1. The minimum absolute atomic E-state index is 0.0151. The standard InChI is InChI=1S/C16H19N3O3S/c1-10-7-12-3-2-4-14(16(12)18-9-10)23(21,22)19-13(8-15(17)20)11-5-6-11/h2-4,7,9,11,13,19H,5-6,8H2,1H3,(H2,17,20)/t13-/m1/s1. The molecular formula is C16H19N3O3S. The van der Waals surface area contributed by atoms with Gasteiger partial charge in [0.25, 0.3) is 0 Å². The molecule has 0 bridgehead atoms. The molecule has 0 unspecified atom stereocenters. The number of aromatic nitrogens is 1. The number of carbonyl (C=O) groups is 1. The first-order chi connectivity index (χ1) is 10.9. The van der Waals surface area contributed by atoms with Crippen LogP contribution >= 0.6 is 0 Å². The number of nitrogens with two attached hydrogens (primary N) is 1. The molecule has 0 spiro atoms. The third-order valence-electron chi connectivity index (χ3n) is 4.02. The molecule has 122 valence electrons. The SMILES string of the molecule is Cc1cnc2c(S(=O)(=O)N[C@H](CC(N)=O)C3CC3)cccc2c1. The summed E-state index contributed by atoms with van der Waals surface area (Å²) in [5.74, 6) is -0.321. The Labute approximate surface area is 135 Å². The quantitative estimate of drug-likeness (QED) is 0.835. The predicted octanol–water partition coefficient (Wildman–Crippen LogP) is 1.48. The minimum Gasteiger partial charge on any atom is -0.370 e. The van der Waals surface area contributed by atoms with Crippen LogP contribution in [0.15, 0.2) is 35.4 Å². The van der Waals surface area contributed by atoms with Crippen molar-refractivity contribution in [3.63, 3.8) is 0 Å². The first-order valence-corrected chi connectivity index (χ1v) is 9.01. The molecule has 1 amide bonds. The van der Waals surface area contributed by atoms with E-state index < -0.39 is 22.0 Å². The van der Waals surface area contributed by atoms with Crippen molar-refractivity contribution in [3.8, 4) is 0 Å². The fraction of sp³-hybridized carbons (Fsp3) is 0.375. The summed E-state index contributed by atoms with van der Waals surface area (Å²) in [5, 5.41) is 0.769. The van der Waals surface area contributed by atoms with E-state index in [0.717, 1.165) is 23.8 Å². The van der Waals surface area contributed by atoms with Gasteiger partial charge in [-0.1, -0.05) is 12.1 Å². The van der Waals surface area contributed by atoms with Crippen molar-refractivity contribution in [2.75, 3.05) is 0 Å². The summed E-state index contributed by atoms with van der Waals surface area (Å²) in [6.07, 6.45) is 3.48. The van der Waals surface area contributed by atoms with E-state index >= 15 is 0 Å². The van der Waals surface area contributed by atoms with E-state index in [9.17, 15) is 13.2 Å². The Hall–Kier alpha value is -1.99. The molecule has 1 aromatic carbocycles. The van der Waals surface area contributed by atoms with Crippen molar-refractivity contribution in [1.29, 1.82) is 0 Å². The van der Waals surface area contributed by atoms with Crippen LogP contribution < -0.4 is 10.5 Å². The molecule has 1 aliphatic rings. The van der Waals surface area contributed by atoms with Gasteiger partial charge >= 0.3 is 0 Å². The molecule has 1 aromatic heterocycles. The fourth-order valence-corrected chi connectivity index (χ4v) is 4.23. The monoisotopic (exact) mass is 333 g/mol. The van der Waals surface area contributed by atoms with Gasteiger partial charge in [-0.25, -0.2) is 13.1 Å². The number of pyridine rings is 1. The van der Waals surface area contributed by atoms with Crippen LogP contribution in [0, 0.1) is 12.8 Å². The van der Waals surface area contributed by atoms with Gasteiger partial charge in [-0.05, 0) is 43.4 Å². The van der Waals surface area contributed by atoms with Gasteiger partial charge in [0, 0.05) is 24.0 Å². The Bertz CT molecular complexity index is 860. The van der Waals surface area contributed by atoms with E-state index in [1.165, 1.54) is 6.07 Å². The summed E-state index contributed by atoms with van der Waals surface area (Å²) in [6.45, 7) is 1.90. The highest BCUT2D eigenvalue weighted by molar-refractivity contribution is 7.89. The maximum absolute atomic E-state index is 12.8. The Morgan fingerprint density at radius 2 is 2.17 bits per heavy atom. The average Bonchev–Trinajstić information content (AvgIpc) is 3.29. The Morgan fingerprint density at radius 1 is 1.43 bits per heavy atom. The molecule has 6 nitrogen and oxygen atoms in total. The van der Waals surface area contributed by atoms with Gasteiger partial charge in [0.2, 0.25) is 15.9 Å². The Balaban J connectivity index is 1.97. The van der Waals surface area contributed by atoms with Crippen LogP contribution in [-0.2, 0) is 14.8 Å². The second kappa shape index (κ2) is 5.90. The van der Waals surface area contributed by atoms with E-state index in [0.29, 0.717) is 5.52 Å². The number of fused-ring (bicyclic) bond motifs is 1. The largest absolute Gasteiger partial charge is 0.370 e. The van der Waals surface area contributed by atoms with E-state index in [2.05, 4.69) is 9.71 Å². The third-order valence-corrected chi connectivity index (χ3v) is 5.54. The molecule has 23 heavy (non-hydrogen) atoms. The zero-order valence-electron chi connectivity index (χ0n) is 12.8. The molecule has 1 fully saturated rings. The normalized spacial score (nSPS) is 16.4. The molecule has 1 saturated carbocycles. The van der Waals surface area contributed by atoms with Crippen LogP contribution in [0.1, 0.15) is 24.8 Å². The number of hydrogen-bond donors (Lipinski definition) is 2. The number of rotatable bonds is 6. The lowest BCUT2D eigenvalue weighted by atomic mass is 10.1. The van der Waals surface area contributed by atoms with Crippen molar-refractivity contribution in [2.45, 2.75) is 37.1 Å². The smallest absolute Gasteiger partial charge is 0.243 e. The molecule has 1 aliphatic carbocycles. The van der Waals surface area contributed by atoms with Crippen LogP contribution in [0.2, 0.25) is 0 Å². The lowest BCUT2D eigenvalue weighted by Crippen LogP contribution is -2.39. The number of sulfonamides is 1. The van der Waals surface area contributed by atoms with E-state index in [-0.39, 0.29) is 17.2 Å². The summed E-state index contributed by atoms with van der Waals surface area (Å²) >= 11 is 0.